The number of nitrogens with zero attached hydrogens (tertiary/aromatic N) is 4. The Morgan fingerprint density at radius 2 is 1.60 bits per heavy atom. The minimum atomic E-state index is -3.61. The van der Waals surface area contributed by atoms with Gasteiger partial charge >= 0.3 is 0 Å². The Bertz CT molecular complexity index is 982. The fourth-order valence-electron chi connectivity index (χ4n) is 3.43. The zero-order valence-corrected chi connectivity index (χ0v) is 18.9. The van der Waals surface area contributed by atoms with Crippen LogP contribution in [0.3, 0.4) is 0 Å². The van der Waals surface area contributed by atoms with Gasteiger partial charge < -0.3 is 14.7 Å². The Kier molecular flexibility index (Phi) is 6.80. The zero-order valence-electron chi connectivity index (χ0n) is 18.1. The quantitative estimate of drug-likeness (QED) is 0.701. The van der Waals surface area contributed by atoms with E-state index in [2.05, 4.69) is 4.90 Å². The second-order valence-corrected chi connectivity index (χ2v) is 9.90. The van der Waals surface area contributed by atoms with Crippen LogP contribution >= 0.6 is 0 Å². The number of piperazine rings is 1. The van der Waals surface area contributed by atoms with Crippen molar-refractivity contribution in [3.63, 3.8) is 0 Å². The van der Waals surface area contributed by atoms with Gasteiger partial charge in [-0.1, -0.05) is 18.2 Å². The predicted molar refractivity (Wildman–Crippen MR) is 119 cm³/mol. The highest BCUT2D eigenvalue weighted by molar-refractivity contribution is 7.89. The molecule has 30 heavy (non-hydrogen) atoms. The van der Waals surface area contributed by atoms with Gasteiger partial charge in [0.2, 0.25) is 10.0 Å². The molecule has 1 heterocycles. The maximum atomic E-state index is 13.0. The summed E-state index contributed by atoms with van der Waals surface area (Å²) >= 11 is 0. The standard InChI is InChI=1S/C22H30N4O3S/c1-23(2)20-10-8-18(9-11-20)17-25(4)22(27)19-6-5-7-21(16-19)30(28,29)26-14-12-24(3)13-15-26/h5-11,16H,12-15,17H2,1-4H3. The summed E-state index contributed by atoms with van der Waals surface area (Å²) in [5, 5.41) is 0. The summed E-state index contributed by atoms with van der Waals surface area (Å²) in [6.07, 6.45) is 0. The van der Waals surface area contributed by atoms with Crippen LogP contribution in [-0.2, 0) is 16.6 Å². The SMILES string of the molecule is CN1CCN(S(=O)(=O)c2cccc(C(=O)N(C)Cc3ccc(N(C)C)cc3)c2)CC1. The molecule has 1 fully saturated rings. The Labute approximate surface area is 179 Å². The average molecular weight is 431 g/mol. The molecule has 1 aliphatic heterocycles. The normalized spacial score (nSPS) is 15.7. The third kappa shape index (κ3) is 5.00. The van der Waals surface area contributed by atoms with E-state index in [4.69, 9.17) is 0 Å². The first-order valence-corrected chi connectivity index (χ1v) is 11.4. The van der Waals surface area contributed by atoms with E-state index < -0.39 is 10.0 Å². The molecule has 1 saturated heterocycles. The third-order valence-electron chi connectivity index (χ3n) is 5.40. The molecule has 2 aromatic carbocycles. The molecule has 0 spiro atoms. The first-order valence-electron chi connectivity index (χ1n) is 9.99. The summed E-state index contributed by atoms with van der Waals surface area (Å²) < 4.78 is 27.5. The number of anilines is 1. The molecule has 162 valence electrons. The Morgan fingerprint density at radius 3 is 2.20 bits per heavy atom. The number of sulfonamides is 1. The molecule has 1 amide bonds. The number of hydrogen-bond donors (Lipinski definition) is 0. The largest absolute Gasteiger partial charge is 0.378 e. The van der Waals surface area contributed by atoms with Crippen LogP contribution in [0, 0.1) is 0 Å². The number of benzene rings is 2. The van der Waals surface area contributed by atoms with Crippen LogP contribution in [0.2, 0.25) is 0 Å². The van der Waals surface area contributed by atoms with Crippen LogP contribution in [0.25, 0.3) is 0 Å². The third-order valence-corrected chi connectivity index (χ3v) is 7.29. The van der Waals surface area contributed by atoms with Crippen LogP contribution < -0.4 is 4.90 Å². The van der Waals surface area contributed by atoms with Crippen molar-refractivity contribution in [1.29, 1.82) is 0 Å². The van der Waals surface area contributed by atoms with Gasteiger partial charge in [-0.3, -0.25) is 4.79 Å². The van der Waals surface area contributed by atoms with Crippen molar-refractivity contribution in [1.82, 2.24) is 14.1 Å². The van der Waals surface area contributed by atoms with Crippen molar-refractivity contribution in [3.8, 4) is 0 Å². The highest BCUT2D eigenvalue weighted by atomic mass is 32.2. The molecule has 0 radical (unpaired) electrons. The minimum absolute atomic E-state index is 0.168. The molecule has 1 aliphatic rings. The number of likely N-dealkylation sites (N-methyl/N-ethyl adjacent to an activating group) is 1. The molecule has 0 atom stereocenters. The summed E-state index contributed by atoms with van der Waals surface area (Å²) in [5.41, 5.74) is 2.48. The lowest BCUT2D eigenvalue weighted by Gasteiger charge is -2.31. The molecule has 3 rings (SSSR count). The topological polar surface area (TPSA) is 64.2 Å². The minimum Gasteiger partial charge on any atom is -0.378 e. The number of amides is 1. The fraction of sp³-hybridized carbons (Fsp3) is 0.409. The molecule has 0 unspecified atom stereocenters. The number of carbonyl (C=O) groups is 1. The molecule has 0 saturated carbocycles. The van der Waals surface area contributed by atoms with Crippen molar-refractivity contribution >= 4 is 21.6 Å². The van der Waals surface area contributed by atoms with E-state index in [1.165, 1.54) is 10.4 Å². The molecule has 0 N–H and O–H groups in total. The first-order chi connectivity index (χ1) is 14.2. The van der Waals surface area contributed by atoms with Gasteiger partial charge in [0.05, 0.1) is 4.90 Å². The van der Waals surface area contributed by atoms with Crippen LogP contribution in [-0.4, -0.2) is 82.8 Å². The molecule has 0 aliphatic carbocycles. The van der Waals surface area contributed by atoms with Crippen LogP contribution in [0.5, 0.6) is 0 Å². The lowest BCUT2D eigenvalue weighted by atomic mass is 10.1. The van der Waals surface area contributed by atoms with Gasteiger partial charge in [-0.25, -0.2) is 8.42 Å². The van der Waals surface area contributed by atoms with E-state index in [0.717, 1.165) is 11.3 Å². The van der Waals surface area contributed by atoms with E-state index in [1.807, 2.05) is 50.3 Å². The van der Waals surface area contributed by atoms with Gasteiger partial charge in [-0.05, 0) is 42.9 Å². The lowest BCUT2D eigenvalue weighted by molar-refractivity contribution is 0.0785. The molecular weight excluding hydrogens is 400 g/mol. The van der Waals surface area contributed by atoms with Crippen molar-refractivity contribution in [2.24, 2.45) is 0 Å². The fourth-order valence-corrected chi connectivity index (χ4v) is 4.90. The number of carbonyl (C=O) groups excluding carboxylic acids is 1. The second kappa shape index (κ2) is 9.16. The Hall–Kier alpha value is -2.42. The summed E-state index contributed by atoms with van der Waals surface area (Å²) in [6.45, 7) is 2.77. The summed E-state index contributed by atoms with van der Waals surface area (Å²) in [6, 6.07) is 14.4. The smallest absolute Gasteiger partial charge is 0.253 e. The molecule has 0 aromatic heterocycles. The average Bonchev–Trinajstić information content (AvgIpc) is 2.74. The van der Waals surface area contributed by atoms with Crippen LogP contribution in [0.4, 0.5) is 5.69 Å². The highest BCUT2D eigenvalue weighted by Gasteiger charge is 2.28. The van der Waals surface area contributed by atoms with E-state index in [9.17, 15) is 13.2 Å². The van der Waals surface area contributed by atoms with Crippen molar-refractivity contribution in [2.75, 3.05) is 59.3 Å². The van der Waals surface area contributed by atoms with Crippen molar-refractivity contribution < 1.29 is 13.2 Å². The zero-order chi connectivity index (χ0) is 21.9. The summed E-state index contributed by atoms with van der Waals surface area (Å²) in [5.74, 6) is -0.206. The van der Waals surface area contributed by atoms with Gasteiger partial charge in [0.25, 0.3) is 5.91 Å². The Morgan fingerprint density at radius 1 is 0.967 bits per heavy atom. The van der Waals surface area contributed by atoms with Gasteiger partial charge in [-0.15, -0.1) is 0 Å². The molecule has 2 aromatic rings. The molecule has 0 bridgehead atoms. The van der Waals surface area contributed by atoms with Gasteiger partial charge in [-0.2, -0.15) is 4.31 Å². The molecular formula is C22H30N4O3S. The summed E-state index contributed by atoms with van der Waals surface area (Å²) in [7, 11) is 4.06. The predicted octanol–water partition coefficient (Wildman–Crippen LogP) is 1.96. The van der Waals surface area contributed by atoms with Gasteiger partial charge in [0.1, 0.15) is 0 Å². The molecule has 8 heteroatoms. The van der Waals surface area contributed by atoms with E-state index in [-0.39, 0.29) is 10.8 Å². The maximum absolute atomic E-state index is 13.0. The van der Waals surface area contributed by atoms with E-state index in [0.29, 0.717) is 38.3 Å². The highest BCUT2D eigenvalue weighted by Crippen LogP contribution is 2.20. The van der Waals surface area contributed by atoms with Crippen molar-refractivity contribution in [2.45, 2.75) is 11.4 Å². The van der Waals surface area contributed by atoms with Gasteiger partial charge in [0, 0.05) is 65.1 Å². The first kappa shape index (κ1) is 22.3. The maximum Gasteiger partial charge on any atom is 0.253 e. The van der Waals surface area contributed by atoms with Gasteiger partial charge in [0.15, 0.2) is 0 Å². The van der Waals surface area contributed by atoms with Crippen molar-refractivity contribution in [3.05, 3.63) is 59.7 Å². The lowest BCUT2D eigenvalue weighted by Crippen LogP contribution is -2.47. The number of hydrogen-bond acceptors (Lipinski definition) is 5. The van der Waals surface area contributed by atoms with Crippen LogP contribution in [0.1, 0.15) is 15.9 Å². The van der Waals surface area contributed by atoms with E-state index in [1.54, 1.807) is 30.1 Å². The second-order valence-electron chi connectivity index (χ2n) is 7.96. The van der Waals surface area contributed by atoms with Crippen LogP contribution in [0.15, 0.2) is 53.4 Å². The Balaban J connectivity index is 1.73. The van der Waals surface area contributed by atoms with E-state index >= 15 is 0 Å². The summed E-state index contributed by atoms with van der Waals surface area (Å²) in [4.78, 5) is 18.8. The molecule has 7 nitrogen and oxygen atoms in total. The monoisotopic (exact) mass is 430 g/mol. The number of rotatable bonds is 6.